The first-order chi connectivity index (χ1) is 7.55. The van der Waals surface area contributed by atoms with E-state index in [2.05, 4.69) is 4.74 Å². The molecule has 98 valence electrons. The molecule has 0 aromatic carbocycles. The first-order valence-corrected chi connectivity index (χ1v) is 5.22. The summed E-state index contributed by atoms with van der Waals surface area (Å²) in [6.45, 7) is 6.12. The molecule has 6 heteroatoms. The van der Waals surface area contributed by atoms with Crippen LogP contribution in [0.2, 0.25) is 0 Å². The van der Waals surface area contributed by atoms with Crippen LogP contribution in [0.5, 0.6) is 0 Å². The number of esters is 1. The number of carboxylic acids is 1. The zero-order chi connectivity index (χ0) is 13.9. The second-order valence-corrected chi connectivity index (χ2v) is 4.74. The molecule has 0 saturated heterocycles. The molecule has 0 aromatic heterocycles. The molecule has 0 aliphatic rings. The summed E-state index contributed by atoms with van der Waals surface area (Å²) in [5, 5.41) is 18.6. The zero-order valence-electron chi connectivity index (χ0n) is 10.4. The van der Waals surface area contributed by atoms with Crippen LogP contribution in [0, 0.1) is 5.41 Å². The van der Waals surface area contributed by atoms with Gasteiger partial charge < -0.3 is 14.9 Å². The third kappa shape index (κ3) is 3.81. The lowest BCUT2D eigenvalue weighted by Gasteiger charge is -2.24. The van der Waals surface area contributed by atoms with Gasteiger partial charge in [0.1, 0.15) is 5.78 Å². The van der Waals surface area contributed by atoms with Gasteiger partial charge in [-0.2, -0.15) is 0 Å². The van der Waals surface area contributed by atoms with E-state index < -0.39 is 35.2 Å². The number of hydrogen-bond donors (Lipinski definition) is 2. The Bertz CT molecular complexity index is 327. The highest BCUT2D eigenvalue weighted by Gasteiger charge is 2.49. The van der Waals surface area contributed by atoms with Gasteiger partial charge in [0, 0.05) is 5.41 Å². The highest BCUT2D eigenvalue weighted by atomic mass is 16.6. The van der Waals surface area contributed by atoms with Gasteiger partial charge in [0.25, 0.3) is 5.60 Å². The fraction of sp³-hybridized carbons (Fsp3) is 0.727. The maximum Gasteiger partial charge on any atom is 0.350 e. The largest absolute Gasteiger partial charge is 0.479 e. The van der Waals surface area contributed by atoms with Crippen LogP contribution >= 0.6 is 0 Å². The van der Waals surface area contributed by atoms with Crippen LogP contribution in [0.4, 0.5) is 0 Å². The van der Waals surface area contributed by atoms with Gasteiger partial charge in [-0.15, -0.1) is 0 Å². The van der Waals surface area contributed by atoms with Crippen molar-refractivity contribution in [2.45, 2.75) is 39.7 Å². The molecule has 0 saturated carbocycles. The number of ether oxygens (including phenoxy) is 1. The maximum absolute atomic E-state index is 11.7. The topological polar surface area (TPSA) is 101 Å². The van der Waals surface area contributed by atoms with Gasteiger partial charge >= 0.3 is 11.9 Å². The van der Waals surface area contributed by atoms with E-state index in [1.165, 1.54) is 6.92 Å². The molecule has 1 atom stereocenters. The normalized spacial score (nSPS) is 14.9. The van der Waals surface area contributed by atoms with E-state index in [1.54, 1.807) is 20.8 Å². The summed E-state index contributed by atoms with van der Waals surface area (Å²) in [4.78, 5) is 33.9. The summed E-state index contributed by atoms with van der Waals surface area (Å²) in [6, 6.07) is 0. The Morgan fingerprint density at radius 3 is 1.94 bits per heavy atom. The van der Waals surface area contributed by atoms with Gasteiger partial charge in [-0.05, 0) is 6.92 Å². The average Bonchev–Trinajstić information content (AvgIpc) is 2.15. The highest BCUT2D eigenvalue weighted by molar-refractivity contribution is 6.06. The van der Waals surface area contributed by atoms with Gasteiger partial charge in [-0.1, -0.05) is 20.8 Å². The molecule has 0 amide bonds. The summed E-state index contributed by atoms with van der Waals surface area (Å²) >= 11 is 0. The fourth-order valence-corrected chi connectivity index (χ4v) is 0.983. The smallest absolute Gasteiger partial charge is 0.350 e. The monoisotopic (exact) mass is 246 g/mol. The molecule has 0 heterocycles. The Kier molecular flexibility index (Phi) is 4.82. The van der Waals surface area contributed by atoms with Crippen molar-refractivity contribution in [2.75, 3.05) is 6.61 Å². The van der Waals surface area contributed by atoms with E-state index in [0.717, 1.165) is 0 Å². The lowest BCUT2D eigenvalue weighted by molar-refractivity contribution is -0.182. The number of carbonyl (C=O) groups excluding carboxylic acids is 2. The lowest BCUT2D eigenvalue weighted by Crippen LogP contribution is -2.50. The molecule has 0 aliphatic carbocycles. The Balaban J connectivity index is 5.06. The van der Waals surface area contributed by atoms with Gasteiger partial charge in [0.05, 0.1) is 13.0 Å². The van der Waals surface area contributed by atoms with E-state index in [1.807, 2.05) is 0 Å². The second kappa shape index (κ2) is 5.27. The van der Waals surface area contributed by atoms with Crippen molar-refractivity contribution in [1.82, 2.24) is 0 Å². The van der Waals surface area contributed by atoms with E-state index in [-0.39, 0.29) is 6.61 Å². The van der Waals surface area contributed by atoms with Crippen LogP contribution in [0.1, 0.15) is 34.1 Å². The van der Waals surface area contributed by atoms with Crippen molar-refractivity contribution < 1.29 is 29.3 Å². The summed E-state index contributed by atoms with van der Waals surface area (Å²) in [5.41, 5.74) is -3.64. The van der Waals surface area contributed by atoms with Crippen LogP contribution in [-0.4, -0.2) is 40.1 Å². The standard InChI is InChI=1S/C11H18O6/c1-5-17-9(15)11(16,8(13)14)6-7(12)10(2,3)4/h16H,5-6H2,1-4H3,(H,13,14). The van der Waals surface area contributed by atoms with E-state index in [9.17, 15) is 19.5 Å². The molecule has 0 rings (SSSR count). The number of rotatable bonds is 5. The molecule has 6 nitrogen and oxygen atoms in total. The summed E-state index contributed by atoms with van der Waals surface area (Å²) < 4.78 is 4.46. The quantitative estimate of drug-likeness (QED) is 0.537. The molecule has 0 fully saturated rings. The van der Waals surface area contributed by atoms with Crippen LogP contribution < -0.4 is 0 Å². The third-order valence-corrected chi connectivity index (χ3v) is 2.22. The summed E-state index contributed by atoms with van der Waals surface area (Å²) in [5.74, 6) is -3.63. The fourth-order valence-electron chi connectivity index (χ4n) is 0.983. The minimum absolute atomic E-state index is 0.0713. The van der Waals surface area contributed by atoms with Gasteiger partial charge in [0.15, 0.2) is 0 Å². The van der Waals surface area contributed by atoms with Gasteiger partial charge in [-0.3, -0.25) is 4.79 Å². The van der Waals surface area contributed by atoms with Crippen LogP contribution in [0.25, 0.3) is 0 Å². The Morgan fingerprint density at radius 2 is 1.65 bits per heavy atom. The van der Waals surface area contributed by atoms with Crippen molar-refractivity contribution in [3.05, 3.63) is 0 Å². The van der Waals surface area contributed by atoms with Crippen molar-refractivity contribution in [3.63, 3.8) is 0 Å². The third-order valence-electron chi connectivity index (χ3n) is 2.22. The zero-order valence-corrected chi connectivity index (χ0v) is 10.4. The van der Waals surface area contributed by atoms with E-state index in [4.69, 9.17) is 5.11 Å². The molecular formula is C11H18O6. The number of carbonyl (C=O) groups is 3. The predicted octanol–water partition coefficient (Wildman–Crippen LogP) is 0.370. The molecule has 0 radical (unpaired) electrons. The van der Waals surface area contributed by atoms with Gasteiger partial charge in [-0.25, -0.2) is 9.59 Å². The molecule has 2 N–H and O–H groups in total. The average molecular weight is 246 g/mol. The van der Waals surface area contributed by atoms with Crippen molar-refractivity contribution in [1.29, 1.82) is 0 Å². The molecule has 0 aliphatic heterocycles. The Morgan fingerprint density at radius 1 is 1.18 bits per heavy atom. The van der Waals surface area contributed by atoms with Crippen molar-refractivity contribution in [2.24, 2.45) is 5.41 Å². The first-order valence-electron chi connectivity index (χ1n) is 5.22. The number of aliphatic hydroxyl groups is 1. The lowest BCUT2D eigenvalue weighted by atomic mass is 9.83. The molecule has 1 unspecified atom stereocenters. The molecule has 17 heavy (non-hydrogen) atoms. The SMILES string of the molecule is CCOC(=O)C(O)(CC(=O)C(C)(C)C)C(=O)O. The summed E-state index contributed by atoms with van der Waals surface area (Å²) in [6.07, 6.45) is -0.801. The minimum Gasteiger partial charge on any atom is -0.479 e. The first kappa shape index (κ1) is 15.6. The van der Waals surface area contributed by atoms with E-state index >= 15 is 0 Å². The van der Waals surface area contributed by atoms with Crippen LogP contribution in [0.15, 0.2) is 0 Å². The van der Waals surface area contributed by atoms with Gasteiger partial charge in [0.2, 0.25) is 0 Å². The van der Waals surface area contributed by atoms with Crippen molar-refractivity contribution in [3.8, 4) is 0 Å². The molecule has 0 bridgehead atoms. The minimum atomic E-state index is -2.81. The Labute approximate surface area is 99.6 Å². The number of carboxylic acid groups (broad SMARTS) is 1. The summed E-state index contributed by atoms with van der Waals surface area (Å²) in [7, 11) is 0. The van der Waals surface area contributed by atoms with Crippen LogP contribution in [-0.2, 0) is 19.1 Å². The Hall–Kier alpha value is -1.43. The number of hydrogen-bond acceptors (Lipinski definition) is 5. The number of Topliss-reactive ketones (excluding diaryl/α,β-unsaturated/α-hetero) is 1. The molecule has 0 spiro atoms. The number of ketones is 1. The number of aliphatic carboxylic acids is 1. The van der Waals surface area contributed by atoms with Crippen molar-refractivity contribution >= 4 is 17.7 Å². The second-order valence-electron chi connectivity index (χ2n) is 4.74. The molecular weight excluding hydrogens is 228 g/mol. The highest BCUT2D eigenvalue weighted by Crippen LogP contribution is 2.23. The predicted molar refractivity (Wildman–Crippen MR) is 58.3 cm³/mol. The molecule has 0 aromatic rings. The van der Waals surface area contributed by atoms with Crippen LogP contribution in [0.3, 0.4) is 0 Å². The maximum atomic E-state index is 11.7. The van der Waals surface area contributed by atoms with E-state index in [0.29, 0.717) is 0 Å².